The van der Waals surface area contributed by atoms with Gasteiger partial charge in [0.25, 0.3) is 5.22 Å². The third-order valence-corrected chi connectivity index (χ3v) is 2.23. The normalized spacial score (nSPS) is 11.5. The van der Waals surface area contributed by atoms with Crippen LogP contribution in [-0.2, 0) is 15.7 Å². The molecule has 0 atom stereocenters. The van der Waals surface area contributed by atoms with Crippen molar-refractivity contribution in [1.82, 2.24) is 10.2 Å². The van der Waals surface area contributed by atoms with E-state index in [9.17, 15) is 18.0 Å². The number of esters is 1. The molecule has 90 valence electrons. The molecule has 0 aliphatic carbocycles. The van der Waals surface area contributed by atoms with Crippen molar-refractivity contribution >= 4 is 17.7 Å². The lowest BCUT2D eigenvalue weighted by Crippen LogP contribution is -2.04. The average Bonchev–Trinajstić information content (AvgIpc) is 2.65. The summed E-state index contributed by atoms with van der Waals surface area (Å²) in [6.45, 7) is 0. The summed E-state index contributed by atoms with van der Waals surface area (Å²) in [6.07, 6.45) is -4.58. The predicted molar refractivity (Wildman–Crippen MR) is 46.7 cm³/mol. The lowest BCUT2D eigenvalue weighted by Gasteiger charge is -1.97. The lowest BCUT2D eigenvalue weighted by molar-refractivity contribution is -0.158. The van der Waals surface area contributed by atoms with Gasteiger partial charge in [0.2, 0.25) is 0 Å². The van der Waals surface area contributed by atoms with Crippen LogP contribution < -0.4 is 0 Å². The number of thioether (sulfide) groups is 1. The van der Waals surface area contributed by atoms with Crippen molar-refractivity contribution < 1.29 is 27.1 Å². The summed E-state index contributed by atoms with van der Waals surface area (Å²) in [4.78, 5) is 10.7. The molecule has 1 aromatic rings. The molecule has 0 aromatic carbocycles. The molecule has 5 nitrogen and oxygen atoms in total. The summed E-state index contributed by atoms with van der Waals surface area (Å²) < 4.78 is 44.8. The second-order valence-corrected chi connectivity index (χ2v) is 3.59. The van der Waals surface area contributed by atoms with Crippen molar-refractivity contribution in [3.05, 3.63) is 5.89 Å². The zero-order valence-corrected chi connectivity index (χ0v) is 8.89. The fraction of sp³-hybridized carbons (Fsp3) is 0.571. The standard InChI is InChI=1S/C7H7F3N2O3S/c1-14-4(13)2-3-16-6-12-11-5(15-6)7(8,9)10/h2-3H2,1H3. The highest BCUT2D eigenvalue weighted by atomic mass is 32.2. The minimum atomic E-state index is -4.64. The van der Waals surface area contributed by atoms with Crippen molar-refractivity contribution in [1.29, 1.82) is 0 Å². The third kappa shape index (κ3) is 3.72. The van der Waals surface area contributed by atoms with E-state index >= 15 is 0 Å². The molecule has 16 heavy (non-hydrogen) atoms. The van der Waals surface area contributed by atoms with E-state index in [0.29, 0.717) is 0 Å². The Morgan fingerprint density at radius 1 is 1.50 bits per heavy atom. The van der Waals surface area contributed by atoms with Crippen LogP contribution in [0.1, 0.15) is 12.3 Å². The first-order chi connectivity index (χ1) is 7.43. The molecule has 1 heterocycles. The Labute approximate surface area is 92.4 Å². The molecular formula is C7H7F3N2O3S. The van der Waals surface area contributed by atoms with E-state index in [1.165, 1.54) is 7.11 Å². The van der Waals surface area contributed by atoms with Crippen LogP contribution in [0.4, 0.5) is 13.2 Å². The van der Waals surface area contributed by atoms with Crippen LogP contribution in [0.5, 0.6) is 0 Å². The number of hydrogen-bond donors (Lipinski definition) is 0. The Bertz CT molecular complexity index is 366. The number of halogens is 3. The molecule has 0 N–H and O–H groups in total. The maximum Gasteiger partial charge on any atom is 0.470 e. The molecule has 0 saturated carbocycles. The minimum absolute atomic E-state index is 0.0604. The maximum absolute atomic E-state index is 12.0. The monoisotopic (exact) mass is 256 g/mol. The van der Waals surface area contributed by atoms with Gasteiger partial charge in [0, 0.05) is 5.75 Å². The number of ether oxygens (including phenoxy) is 1. The van der Waals surface area contributed by atoms with Gasteiger partial charge in [-0.1, -0.05) is 11.8 Å². The fourth-order valence-corrected chi connectivity index (χ4v) is 1.39. The van der Waals surface area contributed by atoms with E-state index in [2.05, 4.69) is 19.4 Å². The first-order valence-electron chi connectivity index (χ1n) is 4.04. The number of methoxy groups -OCH3 is 1. The van der Waals surface area contributed by atoms with Crippen molar-refractivity contribution in [2.75, 3.05) is 12.9 Å². The molecule has 0 unspecified atom stereocenters. The zero-order valence-electron chi connectivity index (χ0n) is 8.08. The Hall–Kier alpha value is -1.25. The summed E-state index contributed by atoms with van der Waals surface area (Å²) in [6, 6.07) is 0. The summed E-state index contributed by atoms with van der Waals surface area (Å²) in [5, 5.41) is 5.78. The number of aromatic nitrogens is 2. The number of carbonyl (C=O) groups is 1. The molecule has 9 heteroatoms. The Morgan fingerprint density at radius 2 is 2.19 bits per heavy atom. The second-order valence-electron chi connectivity index (χ2n) is 2.55. The Balaban J connectivity index is 2.44. The van der Waals surface area contributed by atoms with Gasteiger partial charge in [0.15, 0.2) is 0 Å². The van der Waals surface area contributed by atoms with Gasteiger partial charge >= 0.3 is 18.0 Å². The van der Waals surface area contributed by atoms with E-state index in [0.717, 1.165) is 11.8 Å². The molecule has 0 aliphatic heterocycles. The van der Waals surface area contributed by atoms with Gasteiger partial charge in [0.05, 0.1) is 13.5 Å². The van der Waals surface area contributed by atoms with Crippen molar-refractivity contribution in [2.24, 2.45) is 0 Å². The van der Waals surface area contributed by atoms with Crippen LogP contribution in [0.25, 0.3) is 0 Å². The van der Waals surface area contributed by atoms with Crippen LogP contribution >= 0.6 is 11.8 Å². The first-order valence-corrected chi connectivity index (χ1v) is 5.02. The van der Waals surface area contributed by atoms with E-state index in [4.69, 9.17) is 0 Å². The van der Waals surface area contributed by atoms with Crippen LogP contribution in [0, 0.1) is 0 Å². The molecule has 0 saturated heterocycles. The van der Waals surface area contributed by atoms with Gasteiger partial charge in [-0.2, -0.15) is 13.2 Å². The molecule has 1 aromatic heterocycles. The quantitative estimate of drug-likeness (QED) is 0.604. The van der Waals surface area contributed by atoms with Crippen molar-refractivity contribution in [3.8, 4) is 0 Å². The van der Waals surface area contributed by atoms with Gasteiger partial charge < -0.3 is 9.15 Å². The van der Waals surface area contributed by atoms with E-state index in [-0.39, 0.29) is 17.4 Å². The van der Waals surface area contributed by atoms with E-state index < -0.39 is 18.0 Å². The molecule has 0 radical (unpaired) electrons. The van der Waals surface area contributed by atoms with Crippen LogP contribution in [0.2, 0.25) is 0 Å². The largest absolute Gasteiger partial charge is 0.470 e. The Kier molecular flexibility index (Phi) is 4.16. The number of rotatable bonds is 4. The molecule has 1 rings (SSSR count). The number of nitrogens with zero attached hydrogens (tertiary/aromatic N) is 2. The Morgan fingerprint density at radius 3 is 2.69 bits per heavy atom. The molecule has 0 fully saturated rings. The lowest BCUT2D eigenvalue weighted by atomic mass is 10.5. The molecule has 0 bridgehead atoms. The summed E-state index contributed by atoms with van der Waals surface area (Å²) in [5.41, 5.74) is 0. The molecule has 0 aliphatic rings. The van der Waals surface area contributed by atoms with E-state index in [1.807, 2.05) is 0 Å². The van der Waals surface area contributed by atoms with Gasteiger partial charge in [-0.25, -0.2) is 0 Å². The topological polar surface area (TPSA) is 65.2 Å². The highest BCUT2D eigenvalue weighted by Gasteiger charge is 2.38. The fourth-order valence-electron chi connectivity index (χ4n) is 0.706. The average molecular weight is 256 g/mol. The van der Waals surface area contributed by atoms with Crippen LogP contribution in [-0.4, -0.2) is 29.0 Å². The summed E-state index contributed by atoms with van der Waals surface area (Å²) >= 11 is 0.860. The SMILES string of the molecule is COC(=O)CCSc1nnc(C(F)(F)F)o1. The smallest absolute Gasteiger partial charge is 0.469 e. The van der Waals surface area contributed by atoms with E-state index in [1.54, 1.807) is 0 Å². The second kappa shape index (κ2) is 5.19. The molecular weight excluding hydrogens is 249 g/mol. The van der Waals surface area contributed by atoms with Crippen molar-refractivity contribution in [3.63, 3.8) is 0 Å². The molecule has 0 spiro atoms. The predicted octanol–water partition coefficient (Wildman–Crippen LogP) is 1.74. The minimum Gasteiger partial charge on any atom is -0.469 e. The first kappa shape index (κ1) is 12.8. The van der Waals surface area contributed by atoms with Gasteiger partial charge in [0.1, 0.15) is 0 Å². The third-order valence-electron chi connectivity index (χ3n) is 1.41. The van der Waals surface area contributed by atoms with Gasteiger partial charge in [-0.3, -0.25) is 4.79 Å². The number of carbonyl (C=O) groups excluding carboxylic acids is 1. The van der Waals surface area contributed by atoms with Crippen LogP contribution in [0.3, 0.4) is 0 Å². The van der Waals surface area contributed by atoms with Crippen LogP contribution in [0.15, 0.2) is 9.64 Å². The van der Waals surface area contributed by atoms with Gasteiger partial charge in [-0.15, -0.1) is 10.2 Å². The van der Waals surface area contributed by atoms with Crippen molar-refractivity contribution in [2.45, 2.75) is 17.8 Å². The molecule has 0 amide bonds. The number of hydrogen-bond acceptors (Lipinski definition) is 6. The summed E-state index contributed by atoms with van der Waals surface area (Å²) in [7, 11) is 1.22. The highest BCUT2D eigenvalue weighted by molar-refractivity contribution is 7.99. The van der Waals surface area contributed by atoms with Gasteiger partial charge in [-0.05, 0) is 0 Å². The highest BCUT2D eigenvalue weighted by Crippen LogP contribution is 2.29. The zero-order chi connectivity index (χ0) is 12.2. The maximum atomic E-state index is 12.0. The summed E-state index contributed by atoms with van der Waals surface area (Å²) in [5.74, 6) is -1.64. The number of alkyl halides is 3.